The zero-order valence-electron chi connectivity index (χ0n) is 20.0. The molecule has 0 aliphatic carbocycles. The Morgan fingerprint density at radius 3 is 2.63 bits per heavy atom. The minimum Gasteiger partial charge on any atom is -0.465 e. The number of nitrogens with zero attached hydrogens (tertiary/aromatic N) is 1. The number of likely N-dealkylation sites (tertiary alicyclic amines) is 1. The number of benzene rings is 2. The van der Waals surface area contributed by atoms with Crippen LogP contribution in [-0.2, 0) is 22.5 Å². The van der Waals surface area contributed by atoms with Gasteiger partial charge in [-0.2, -0.15) is 0 Å². The Morgan fingerprint density at radius 2 is 1.89 bits per heavy atom. The first-order valence-corrected chi connectivity index (χ1v) is 12.6. The predicted octanol–water partition coefficient (Wildman–Crippen LogP) is 5.78. The molecule has 4 rings (SSSR count). The van der Waals surface area contributed by atoms with E-state index < -0.39 is 5.97 Å². The molecule has 0 N–H and O–H groups in total. The van der Waals surface area contributed by atoms with Gasteiger partial charge in [0.15, 0.2) is 5.78 Å². The molecule has 1 saturated heterocycles. The van der Waals surface area contributed by atoms with E-state index in [4.69, 9.17) is 9.47 Å². The fourth-order valence-corrected chi connectivity index (χ4v) is 5.56. The van der Waals surface area contributed by atoms with Gasteiger partial charge in [-0.15, -0.1) is 11.3 Å². The van der Waals surface area contributed by atoms with E-state index in [9.17, 15) is 14.4 Å². The van der Waals surface area contributed by atoms with E-state index in [2.05, 4.69) is 0 Å². The van der Waals surface area contributed by atoms with E-state index in [0.717, 1.165) is 29.5 Å². The standard InChI is InChI=1S/C28H29NO5S/c1-19-8-6-11-21(14-19)24(30)15-25-26(27(31)33-2)23(18-35-25)22-12-7-13-29(16-22)28(32)34-17-20-9-4-3-5-10-20/h3-6,8-11,14,18,22H,7,12-13,15-17H2,1-2H3. The van der Waals surface area contributed by atoms with E-state index >= 15 is 0 Å². The van der Waals surface area contributed by atoms with E-state index in [1.807, 2.05) is 60.8 Å². The van der Waals surface area contributed by atoms with E-state index in [1.165, 1.54) is 18.4 Å². The fourth-order valence-electron chi connectivity index (χ4n) is 4.45. The summed E-state index contributed by atoms with van der Waals surface area (Å²) in [6, 6.07) is 17.0. The highest BCUT2D eigenvalue weighted by Gasteiger charge is 2.31. The summed E-state index contributed by atoms with van der Waals surface area (Å²) in [5.41, 5.74) is 3.87. The Labute approximate surface area is 209 Å². The fraction of sp³-hybridized carbons (Fsp3) is 0.321. The number of carbonyl (C=O) groups excluding carboxylic acids is 3. The molecule has 1 aromatic heterocycles. The normalized spacial score (nSPS) is 15.5. The molecule has 1 atom stereocenters. The second-order valence-electron chi connectivity index (χ2n) is 8.78. The molecule has 3 aromatic rings. The SMILES string of the molecule is COC(=O)c1c(C2CCCN(C(=O)OCc3ccccc3)C2)csc1CC(=O)c1cccc(C)c1. The summed E-state index contributed by atoms with van der Waals surface area (Å²) in [7, 11) is 1.35. The minimum atomic E-state index is -0.447. The van der Waals surface area contributed by atoms with Crippen molar-refractivity contribution < 1.29 is 23.9 Å². The number of hydrogen-bond acceptors (Lipinski definition) is 6. The molecule has 1 unspecified atom stereocenters. The van der Waals surface area contributed by atoms with Crippen molar-refractivity contribution in [2.75, 3.05) is 20.2 Å². The van der Waals surface area contributed by atoms with Crippen LogP contribution in [0.15, 0.2) is 60.0 Å². The molecule has 0 saturated carbocycles. The van der Waals surface area contributed by atoms with Crippen LogP contribution >= 0.6 is 11.3 Å². The van der Waals surface area contributed by atoms with Crippen LogP contribution in [0.1, 0.15) is 61.0 Å². The van der Waals surface area contributed by atoms with Gasteiger partial charge in [-0.05, 0) is 42.3 Å². The maximum atomic E-state index is 12.9. The zero-order valence-corrected chi connectivity index (χ0v) is 20.8. The number of Topliss-reactive ketones (excluding diaryl/α,β-unsaturated/α-hetero) is 1. The Morgan fingerprint density at radius 1 is 1.09 bits per heavy atom. The van der Waals surface area contributed by atoms with Gasteiger partial charge in [-0.1, -0.05) is 54.1 Å². The quantitative estimate of drug-likeness (QED) is 0.309. The molecule has 182 valence electrons. The Hall–Kier alpha value is -3.45. The highest BCUT2D eigenvalue weighted by atomic mass is 32.1. The third-order valence-electron chi connectivity index (χ3n) is 6.27. The number of esters is 1. The number of piperidine rings is 1. The summed E-state index contributed by atoms with van der Waals surface area (Å²) < 4.78 is 10.6. The predicted molar refractivity (Wildman–Crippen MR) is 135 cm³/mol. The molecule has 2 heterocycles. The summed E-state index contributed by atoms with van der Waals surface area (Å²) in [6.45, 7) is 3.23. The van der Waals surface area contributed by atoms with Gasteiger partial charge in [0.25, 0.3) is 0 Å². The topological polar surface area (TPSA) is 72.9 Å². The van der Waals surface area contributed by atoms with Gasteiger partial charge in [0, 0.05) is 35.9 Å². The molecule has 1 aliphatic heterocycles. The van der Waals surface area contributed by atoms with Gasteiger partial charge in [-0.3, -0.25) is 4.79 Å². The van der Waals surface area contributed by atoms with Crippen LogP contribution in [0.2, 0.25) is 0 Å². The number of ether oxygens (including phenoxy) is 2. The number of carbonyl (C=O) groups is 3. The molecule has 0 bridgehead atoms. The third kappa shape index (κ3) is 5.98. The lowest BCUT2D eigenvalue weighted by Crippen LogP contribution is -2.39. The van der Waals surface area contributed by atoms with E-state index in [1.54, 1.807) is 11.0 Å². The molecular formula is C28H29NO5S. The summed E-state index contributed by atoms with van der Waals surface area (Å²) in [4.78, 5) is 40.8. The first-order chi connectivity index (χ1) is 17.0. The molecule has 1 amide bonds. The number of rotatable bonds is 7. The number of hydrogen-bond donors (Lipinski definition) is 0. The Kier molecular flexibility index (Phi) is 7.98. The monoisotopic (exact) mass is 491 g/mol. The largest absolute Gasteiger partial charge is 0.465 e. The van der Waals surface area contributed by atoms with E-state index in [-0.39, 0.29) is 30.8 Å². The second-order valence-corrected chi connectivity index (χ2v) is 9.74. The van der Waals surface area contributed by atoms with Gasteiger partial charge in [0.05, 0.1) is 12.7 Å². The van der Waals surface area contributed by atoms with E-state index in [0.29, 0.717) is 29.1 Å². The van der Waals surface area contributed by atoms with Crippen molar-refractivity contribution in [3.05, 3.63) is 92.7 Å². The van der Waals surface area contributed by atoms with Crippen LogP contribution in [0, 0.1) is 6.92 Å². The minimum absolute atomic E-state index is 0.0267. The molecule has 1 aliphatic rings. The van der Waals surface area contributed by atoms with Crippen molar-refractivity contribution in [1.29, 1.82) is 0 Å². The van der Waals surface area contributed by atoms with Crippen molar-refractivity contribution in [1.82, 2.24) is 4.90 Å². The summed E-state index contributed by atoms with van der Waals surface area (Å²) in [6.07, 6.45) is 1.42. The molecule has 35 heavy (non-hydrogen) atoms. The van der Waals surface area contributed by atoms with Crippen LogP contribution in [0.4, 0.5) is 4.79 Å². The van der Waals surface area contributed by atoms with Crippen molar-refractivity contribution >= 4 is 29.2 Å². The highest BCUT2D eigenvalue weighted by molar-refractivity contribution is 7.10. The van der Waals surface area contributed by atoms with Gasteiger partial charge in [0.2, 0.25) is 0 Å². The number of thiophene rings is 1. The lowest BCUT2D eigenvalue weighted by atomic mass is 9.89. The molecule has 7 heteroatoms. The zero-order chi connectivity index (χ0) is 24.8. The maximum Gasteiger partial charge on any atom is 0.410 e. The Balaban J connectivity index is 1.49. The van der Waals surface area contributed by atoms with Crippen LogP contribution < -0.4 is 0 Å². The smallest absolute Gasteiger partial charge is 0.410 e. The van der Waals surface area contributed by atoms with Crippen molar-refractivity contribution in [2.45, 2.75) is 38.7 Å². The van der Waals surface area contributed by atoms with Gasteiger partial charge in [-0.25, -0.2) is 9.59 Å². The molecule has 0 spiro atoms. The summed E-state index contributed by atoms with van der Waals surface area (Å²) >= 11 is 1.40. The second kappa shape index (κ2) is 11.3. The lowest BCUT2D eigenvalue weighted by molar-refractivity contribution is 0.0597. The average molecular weight is 492 g/mol. The lowest BCUT2D eigenvalue weighted by Gasteiger charge is -2.32. The third-order valence-corrected chi connectivity index (χ3v) is 7.28. The van der Waals surface area contributed by atoms with Crippen molar-refractivity contribution in [3.8, 4) is 0 Å². The molecule has 0 radical (unpaired) electrons. The molecular weight excluding hydrogens is 462 g/mol. The maximum absolute atomic E-state index is 12.9. The number of ketones is 1. The first-order valence-electron chi connectivity index (χ1n) is 11.7. The van der Waals surface area contributed by atoms with Crippen LogP contribution in [0.3, 0.4) is 0 Å². The van der Waals surface area contributed by atoms with Gasteiger partial charge >= 0.3 is 12.1 Å². The van der Waals surface area contributed by atoms with Gasteiger partial charge in [0.1, 0.15) is 6.61 Å². The van der Waals surface area contributed by atoms with Gasteiger partial charge < -0.3 is 14.4 Å². The molecule has 1 fully saturated rings. The highest BCUT2D eigenvalue weighted by Crippen LogP contribution is 2.35. The summed E-state index contributed by atoms with van der Waals surface area (Å²) in [5, 5.41) is 1.94. The number of amides is 1. The van der Waals surface area contributed by atoms with Crippen LogP contribution in [0.25, 0.3) is 0 Å². The molecule has 6 nitrogen and oxygen atoms in total. The summed E-state index contributed by atoms with van der Waals surface area (Å²) in [5.74, 6) is -0.514. The van der Waals surface area contributed by atoms with Crippen molar-refractivity contribution in [2.24, 2.45) is 0 Å². The number of methoxy groups -OCH3 is 1. The first kappa shape index (κ1) is 24.7. The number of aryl methyl sites for hydroxylation is 1. The Bertz CT molecular complexity index is 1200. The van der Waals surface area contributed by atoms with Crippen LogP contribution in [0.5, 0.6) is 0 Å². The average Bonchev–Trinajstić information content (AvgIpc) is 3.31. The molecule has 2 aromatic carbocycles. The van der Waals surface area contributed by atoms with Crippen LogP contribution in [-0.4, -0.2) is 42.9 Å². The van der Waals surface area contributed by atoms with Crippen molar-refractivity contribution in [3.63, 3.8) is 0 Å².